The molecule has 0 amide bonds. The fourth-order valence-electron chi connectivity index (χ4n) is 2.02. The molecule has 0 aliphatic heterocycles. The molecule has 106 valence electrons. The van der Waals surface area contributed by atoms with Crippen molar-refractivity contribution < 1.29 is 4.42 Å². The van der Waals surface area contributed by atoms with Crippen LogP contribution in [0, 0.1) is 0 Å². The molecule has 1 fully saturated rings. The first kappa shape index (κ1) is 12.9. The van der Waals surface area contributed by atoms with Crippen LogP contribution in [-0.4, -0.2) is 15.2 Å². The Morgan fingerprint density at radius 1 is 1.20 bits per heavy atom. The van der Waals surface area contributed by atoms with E-state index >= 15 is 0 Å². The van der Waals surface area contributed by atoms with Gasteiger partial charge in [-0.3, -0.25) is 9.59 Å². The number of nitrogens with zero attached hydrogens (tertiary/aromatic N) is 2. The summed E-state index contributed by atoms with van der Waals surface area (Å²) in [5.74, 6) is 1.52. The first-order valence-corrected chi connectivity index (χ1v) is 6.70. The van der Waals surface area contributed by atoms with Crippen LogP contribution in [0.1, 0.15) is 24.4 Å². The molecule has 0 bridgehead atoms. The summed E-state index contributed by atoms with van der Waals surface area (Å²) >= 11 is 0. The molecule has 0 spiro atoms. The molecule has 0 saturated heterocycles. The van der Waals surface area contributed by atoms with Crippen molar-refractivity contribution in [3.63, 3.8) is 0 Å². The molecular weight excluding hydrogens is 258 g/mol. The fraction of sp³-hybridized carbons (Fsp3) is 0.429. The van der Waals surface area contributed by atoms with Gasteiger partial charge in [0, 0.05) is 25.5 Å². The van der Waals surface area contributed by atoms with Crippen LogP contribution in [0.4, 0.5) is 0 Å². The molecule has 2 heterocycles. The Morgan fingerprint density at radius 2 is 1.95 bits per heavy atom. The summed E-state index contributed by atoms with van der Waals surface area (Å²) in [5.41, 5.74) is -1.07. The van der Waals surface area contributed by atoms with E-state index in [0.717, 1.165) is 5.76 Å². The van der Waals surface area contributed by atoms with Crippen molar-refractivity contribution in [2.75, 3.05) is 0 Å². The highest BCUT2D eigenvalue weighted by atomic mass is 16.3. The third-order valence-electron chi connectivity index (χ3n) is 3.42. The van der Waals surface area contributed by atoms with E-state index in [1.807, 2.05) is 12.1 Å². The molecule has 6 heteroatoms. The van der Waals surface area contributed by atoms with E-state index in [4.69, 9.17) is 4.42 Å². The summed E-state index contributed by atoms with van der Waals surface area (Å²) in [5, 5.41) is 3.36. The smallest absolute Gasteiger partial charge is 0.316 e. The Labute approximate surface area is 115 Å². The van der Waals surface area contributed by atoms with Gasteiger partial charge >= 0.3 is 11.1 Å². The van der Waals surface area contributed by atoms with Crippen LogP contribution in [0.5, 0.6) is 0 Å². The van der Waals surface area contributed by atoms with Crippen LogP contribution >= 0.6 is 0 Å². The zero-order valence-electron chi connectivity index (χ0n) is 11.3. The molecule has 0 aromatic carbocycles. The molecular formula is C14H17N3O3. The largest absolute Gasteiger partial charge is 0.463 e. The number of hydrogen-bond donors (Lipinski definition) is 1. The average Bonchev–Trinajstić information content (AvgIpc) is 3.17. The SMILES string of the molecule is Cn1ccn(Cc2ccc(CNC3CC3)o2)c(=O)c1=O. The molecule has 1 aliphatic carbocycles. The molecule has 0 atom stereocenters. The third-order valence-corrected chi connectivity index (χ3v) is 3.42. The van der Waals surface area contributed by atoms with Crippen LogP contribution in [0.15, 0.2) is 38.5 Å². The first-order valence-electron chi connectivity index (χ1n) is 6.70. The number of rotatable bonds is 5. The molecule has 1 aliphatic rings. The maximum absolute atomic E-state index is 11.8. The van der Waals surface area contributed by atoms with E-state index in [1.54, 1.807) is 19.4 Å². The number of furan rings is 1. The van der Waals surface area contributed by atoms with Crippen molar-refractivity contribution in [2.45, 2.75) is 32.0 Å². The second-order valence-electron chi connectivity index (χ2n) is 5.17. The van der Waals surface area contributed by atoms with Crippen molar-refractivity contribution in [3.05, 3.63) is 56.8 Å². The van der Waals surface area contributed by atoms with Gasteiger partial charge in [0.05, 0.1) is 13.1 Å². The van der Waals surface area contributed by atoms with Crippen LogP contribution in [0.25, 0.3) is 0 Å². The lowest BCUT2D eigenvalue weighted by molar-refractivity contribution is 0.433. The molecule has 2 aromatic rings. The molecule has 0 unspecified atom stereocenters. The van der Waals surface area contributed by atoms with E-state index < -0.39 is 11.1 Å². The molecule has 6 nitrogen and oxygen atoms in total. The Bertz CT molecular complexity index is 722. The Morgan fingerprint density at radius 3 is 2.70 bits per heavy atom. The fourth-order valence-corrected chi connectivity index (χ4v) is 2.02. The van der Waals surface area contributed by atoms with Crippen LogP contribution in [0.3, 0.4) is 0 Å². The topological polar surface area (TPSA) is 69.2 Å². The lowest BCUT2D eigenvalue weighted by Crippen LogP contribution is -2.39. The molecule has 0 radical (unpaired) electrons. The highest BCUT2D eigenvalue weighted by Gasteiger charge is 2.20. The Balaban J connectivity index is 1.72. The van der Waals surface area contributed by atoms with Gasteiger partial charge in [-0.1, -0.05) is 0 Å². The van der Waals surface area contributed by atoms with Gasteiger partial charge in [-0.2, -0.15) is 0 Å². The summed E-state index contributed by atoms with van der Waals surface area (Å²) in [6, 6.07) is 4.37. The normalized spacial score (nSPS) is 14.7. The maximum Gasteiger partial charge on any atom is 0.316 e. The third kappa shape index (κ3) is 2.75. The van der Waals surface area contributed by atoms with Crippen molar-refractivity contribution in [1.82, 2.24) is 14.5 Å². The first-order chi connectivity index (χ1) is 9.63. The molecule has 20 heavy (non-hydrogen) atoms. The predicted molar refractivity (Wildman–Crippen MR) is 73.6 cm³/mol. The van der Waals surface area contributed by atoms with Crippen LogP contribution in [-0.2, 0) is 20.1 Å². The minimum Gasteiger partial charge on any atom is -0.463 e. The van der Waals surface area contributed by atoms with Gasteiger partial charge in [-0.25, -0.2) is 0 Å². The number of nitrogens with one attached hydrogen (secondary N) is 1. The number of hydrogen-bond acceptors (Lipinski definition) is 4. The van der Waals surface area contributed by atoms with E-state index in [-0.39, 0.29) is 6.54 Å². The van der Waals surface area contributed by atoms with Crippen molar-refractivity contribution in [3.8, 4) is 0 Å². The predicted octanol–water partition coefficient (Wildman–Crippen LogP) is 0.440. The Hall–Kier alpha value is -2.08. The van der Waals surface area contributed by atoms with Gasteiger partial charge in [0.25, 0.3) is 0 Å². The van der Waals surface area contributed by atoms with Crippen molar-refractivity contribution in [2.24, 2.45) is 7.05 Å². The molecule has 2 aromatic heterocycles. The molecule has 1 N–H and O–H groups in total. The van der Waals surface area contributed by atoms with Crippen molar-refractivity contribution in [1.29, 1.82) is 0 Å². The van der Waals surface area contributed by atoms with Crippen LogP contribution in [0.2, 0.25) is 0 Å². The Kier molecular flexibility index (Phi) is 3.31. The molecule has 3 rings (SSSR count). The maximum atomic E-state index is 11.8. The van der Waals surface area contributed by atoms with Gasteiger partial charge in [0.1, 0.15) is 11.5 Å². The van der Waals surface area contributed by atoms with Gasteiger partial charge in [-0.15, -0.1) is 0 Å². The van der Waals surface area contributed by atoms with Gasteiger partial charge < -0.3 is 18.9 Å². The average molecular weight is 275 g/mol. The second-order valence-corrected chi connectivity index (χ2v) is 5.17. The van der Waals surface area contributed by atoms with E-state index in [9.17, 15) is 9.59 Å². The minimum atomic E-state index is -0.538. The summed E-state index contributed by atoms with van der Waals surface area (Å²) in [6.45, 7) is 0.981. The van der Waals surface area contributed by atoms with Crippen LogP contribution < -0.4 is 16.4 Å². The minimum absolute atomic E-state index is 0.276. The highest BCUT2D eigenvalue weighted by Crippen LogP contribution is 2.19. The lowest BCUT2D eigenvalue weighted by Gasteiger charge is -2.04. The number of aromatic nitrogens is 2. The monoisotopic (exact) mass is 275 g/mol. The lowest BCUT2D eigenvalue weighted by atomic mass is 10.4. The zero-order chi connectivity index (χ0) is 14.1. The standard InChI is InChI=1S/C14H17N3O3/c1-16-6-7-17(14(19)13(16)18)9-12-5-4-11(20-12)8-15-10-2-3-10/h4-7,10,15H,2-3,8-9H2,1H3. The summed E-state index contributed by atoms with van der Waals surface area (Å²) < 4.78 is 8.29. The zero-order valence-corrected chi connectivity index (χ0v) is 11.3. The van der Waals surface area contributed by atoms with Gasteiger partial charge in [0.2, 0.25) is 0 Å². The number of aryl methyl sites for hydroxylation is 1. The van der Waals surface area contributed by atoms with E-state index in [0.29, 0.717) is 18.3 Å². The van der Waals surface area contributed by atoms with Gasteiger partial charge in [0.15, 0.2) is 0 Å². The quantitative estimate of drug-likeness (QED) is 0.804. The summed E-state index contributed by atoms with van der Waals surface area (Å²) in [6.07, 6.45) is 5.63. The summed E-state index contributed by atoms with van der Waals surface area (Å²) in [4.78, 5) is 23.4. The van der Waals surface area contributed by atoms with Gasteiger partial charge in [-0.05, 0) is 25.0 Å². The second kappa shape index (κ2) is 5.13. The highest BCUT2D eigenvalue weighted by molar-refractivity contribution is 5.08. The summed E-state index contributed by atoms with van der Waals surface area (Å²) in [7, 11) is 1.56. The van der Waals surface area contributed by atoms with E-state index in [1.165, 1.54) is 22.0 Å². The van der Waals surface area contributed by atoms with E-state index in [2.05, 4.69) is 5.32 Å². The molecule has 1 saturated carbocycles. The van der Waals surface area contributed by atoms with Crippen molar-refractivity contribution >= 4 is 0 Å².